The van der Waals surface area contributed by atoms with Crippen molar-refractivity contribution < 1.29 is 19.1 Å². The molecule has 2 unspecified atom stereocenters. The van der Waals surface area contributed by atoms with Gasteiger partial charge in [-0.1, -0.05) is 41.9 Å². The number of aliphatic hydroxyl groups excluding tert-OH is 1. The molecule has 3 aromatic rings. The second-order valence-corrected chi connectivity index (χ2v) is 8.92. The van der Waals surface area contributed by atoms with Crippen molar-refractivity contribution in [1.82, 2.24) is 25.3 Å². The number of halogens is 2. The highest BCUT2D eigenvalue weighted by Crippen LogP contribution is 2.22. The lowest BCUT2D eigenvalue weighted by molar-refractivity contribution is -0.139. The van der Waals surface area contributed by atoms with Crippen LogP contribution in [0, 0.1) is 5.82 Å². The van der Waals surface area contributed by atoms with Gasteiger partial charge in [-0.2, -0.15) is 5.10 Å². The molecule has 2 heterocycles. The van der Waals surface area contributed by atoms with Gasteiger partial charge in [0.25, 0.3) is 0 Å². The number of rotatable bonds is 8. The molecule has 0 spiro atoms. The molecule has 2 amide bonds. The van der Waals surface area contributed by atoms with Crippen LogP contribution >= 0.6 is 11.6 Å². The van der Waals surface area contributed by atoms with Gasteiger partial charge in [0, 0.05) is 30.1 Å². The predicted octanol–water partition coefficient (Wildman–Crippen LogP) is 1.68. The van der Waals surface area contributed by atoms with Crippen LogP contribution in [0.25, 0.3) is 10.9 Å². The van der Waals surface area contributed by atoms with Gasteiger partial charge in [-0.25, -0.2) is 4.39 Å². The number of fused-ring (bicyclic) bond motifs is 1. The van der Waals surface area contributed by atoms with E-state index in [0.717, 1.165) is 19.4 Å². The Morgan fingerprint density at radius 3 is 2.86 bits per heavy atom. The topological polar surface area (TPSA) is 126 Å². The highest BCUT2D eigenvalue weighted by Gasteiger charge is 2.28. The van der Waals surface area contributed by atoms with E-state index in [1.807, 2.05) is 6.07 Å². The van der Waals surface area contributed by atoms with E-state index < -0.39 is 18.0 Å². The molecule has 4 rings (SSSR count). The number of hydrogen-bond donors (Lipinski definition) is 4. The molecule has 0 bridgehead atoms. The summed E-state index contributed by atoms with van der Waals surface area (Å²) in [7, 11) is 0. The van der Waals surface area contributed by atoms with Gasteiger partial charge in [-0.15, -0.1) is 0 Å². The van der Waals surface area contributed by atoms with Crippen molar-refractivity contribution in [3.63, 3.8) is 0 Å². The second-order valence-electron chi connectivity index (χ2n) is 8.52. The first-order valence-corrected chi connectivity index (χ1v) is 11.8. The summed E-state index contributed by atoms with van der Waals surface area (Å²) >= 11 is 5.82. The summed E-state index contributed by atoms with van der Waals surface area (Å²) in [6, 6.07) is 11.6. The largest absolute Gasteiger partial charge is 0.373 e. The Bertz CT molecular complexity index is 1210. The van der Waals surface area contributed by atoms with E-state index in [-0.39, 0.29) is 47.9 Å². The number of benzene rings is 2. The molecular weight excluding hydrogens is 475 g/mol. The number of amides is 2. The molecule has 1 aliphatic heterocycles. The monoisotopic (exact) mass is 502 g/mol. The van der Waals surface area contributed by atoms with Gasteiger partial charge < -0.3 is 26.4 Å². The minimum absolute atomic E-state index is 0.0183. The molecule has 2 atom stereocenters. The summed E-state index contributed by atoms with van der Waals surface area (Å²) in [6.45, 7) is 1.06. The quantitative estimate of drug-likeness (QED) is 0.347. The Morgan fingerprint density at radius 1 is 1.31 bits per heavy atom. The average molecular weight is 503 g/mol. The van der Waals surface area contributed by atoms with Crippen LogP contribution in [0.2, 0.25) is 5.02 Å². The number of nitrogens with one attached hydrogen (secondary N) is 2. The highest BCUT2D eigenvalue weighted by atomic mass is 35.5. The SMILES string of the molecule is NC(O)c1nn(CC(=O)N(CC(=O)NCc2cccc(Cl)c2F)C2CCCNC2)c2ccccc12. The minimum atomic E-state index is -1.28. The standard InChI is InChI=1S/C24H28ClFN6O3/c25-18-8-3-5-15(22(18)26)11-29-20(33)13-31(16-6-4-10-28-12-16)21(34)14-32-19-9-2-1-7-17(19)23(30-32)24(27)35/h1-3,5,7-9,16,24,28,35H,4,6,10-14,27H2,(H,29,33). The number of aromatic nitrogens is 2. The van der Waals surface area contributed by atoms with Gasteiger partial charge in [-0.05, 0) is 31.5 Å². The maximum atomic E-state index is 14.2. The molecule has 0 radical (unpaired) electrons. The first kappa shape index (κ1) is 25.1. The van der Waals surface area contributed by atoms with Gasteiger partial charge in [0.15, 0.2) is 0 Å². The van der Waals surface area contributed by atoms with E-state index in [1.165, 1.54) is 15.6 Å². The zero-order valence-electron chi connectivity index (χ0n) is 19.1. The summed E-state index contributed by atoms with van der Waals surface area (Å²) in [4.78, 5) is 27.7. The molecule has 35 heavy (non-hydrogen) atoms. The summed E-state index contributed by atoms with van der Waals surface area (Å²) < 4.78 is 15.7. The van der Waals surface area contributed by atoms with Crippen molar-refractivity contribution in [1.29, 1.82) is 0 Å². The molecule has 1 aromatic heterocycles. The van der Waals surface area contributed by atoms with E-state index in [2.05, 4.69) is 15.7 Å². The van der Waals surface area contributed by atoms with Gasteiger partial charge in [0.2, 0.25) is 11.8 Å². The van der Waals surface area contributed by atoms with E-state index in [9.17, 15) is 19.1 Å². The summed E-state index contributed by atoms with van der Waals surface area (Å²) in [6.07, 6.45) is 0.340. The van der Waals surface area contributed by atoms with E-state index >= 15 is 0 Å². The molecule has 2 aromatic carbocycles. The minimum Gasteiger partial charge on any atom is -0.373 e. The molecule has 1 fully saturated rings. The van der Waals surface area contributed by atoms with Crippen molar-refractivity contribution in [2.45, 2.75) is 38.2 Å². The molecular formula is C24H28ClFN6O3. The van der Waals surface area contributed by atoms with Crippen molar-refractivity contribution >= 4 is 34.3 Å². The predicted molar refractivity (Wildman–Crippen MR) is 130 cm³/mol. The van der Waals surface area contributed by atoms with Crippen molar-refractivity contribution in [3.8, 4) is 0 Å². The summed E-state index contributed by atoms with van der Waals surface area (Å²) in [5.41, 5.74) is 6.85. The number of nitrogens with zero attached hydrogens (tertiary/aromatic N) is 3. The highest BCUT2D eigenvalue weighted by molar-refractivity contribution is 6.30. The zero-order valence-corrected chi connectivity index (χ0v) is 19.8. The normalized spacial score (nSPS) is 16.7. The van der Waals surface area contributed by atoms with Crippen LogP contribution in [-0.4, -0.2) is 57.3 Å². The maximum absolute atomic E-state index is 14.2. The van der Waals surface area contributed by atoms with E-state index in [0.29, 0.717) is 17.4 Å². The number of aliphatic hydroxyl groups is 1. The van der Waals surface area contributed by atoms with Crippen molar-refractivity contribution in [3.05, 3.63) is 64.6 Å². The number of nitrogens with two attached hydrogens (primary N) is 1. The molecule has 9 nitrogen and oxygen atoms in total. The zero-order chi connectivity index (χ0) is 24.9. The molecule has 1 aliphatic rings. The Labute approximate surface area is 207 Å². The second kappa shape index (κ2) is 11.1. The van der Waals surface area contributed by atoms with E-state index in [4.69, 9.17) is 17.3 Å². The third kappa shape index (κ3) is 5.79. The molecule has 0 aliphatic carbocycles. The van der Waals surface area contributed by atoms with Crippen LogP contribution in [0.3, 0.4) is 0 Å². The molecule has 11 heteroatoms. The fraction of sp³-hybridized carbons (Fsp3) is 0.375. The maximum Gasteiger partial charge on any atom is 0.245 e. The van der Waals surface area contributed by atoms with Crippen LogP contribution in [-0.2, 0) is 22.7 Å². The van der Waals surface area contributed by atoms with Crippen LogP contribution in [0.1, 0.15) is 30.3 Å². The van der Waals surface area contributed by atoms with Gasteiger partial charge in [-0.3, -0.25) is 14.3 Å². The summed E-state index contributed by atoms with van der Waals surface area (Å²) in [5.74, 6) is -1.29. The van der Waals surface area contributed by atoms with Gasteiger partial charge >= 0.3 is 0 Å². The van der Waals surface area contributed by atoms with Gasteiger partial charge in [0.1, 0.15) is 24.3 Å². The Hall–Kier alpha value is -3.05. The Balaban J connectivity index is 1.50. The van der Waals surface area contributed by atoms with Crippen LogP contribution < -0.4 is 16.4 Å². The number of para-hydroxylation sites is 1. The van der Waals surface area contributed by atoms with Crippen LogP contribution in [0.5, 0.6) is 0 Å². The average Bonchev–Trinajstić information content (AvgIpc) is 3.22. The first-order chi connectivity index (χ1) is 16.8. The van der Waals surface area contributed by atoms with Crippen molar-refractivity contribution in [2.24, 2.45) is 5.73 Å². The number of carbonyl (C=O) groups is 2. The van der Waals surface area contributed by atoms with Crippen LogP contribution in [0.15, 0.2) is 42.5 Å². The fourth-order valence-electron chi connectivity index (χ4n) is 4.32. The van der Waals surface area contributed by atoms with E-state index in [1.54, 1.807) is 30.3 Å². The molecule has 1 saturated heterocycles. The smallest absolute Gasteiger partial charge is 0.245 e. The molecule has 5 N–H and O–H groups in total. The molecule has 186 valence electrons. The Morgan fingerprint density at radius 2 is 2.11 bits per heavy atom. The lowest BCUT2D eigenvalue weighted by Gasteiger charge is -2.34. The third-order valence-corrected chi connectivity index (χ3v) is 6.40. The fourth-order valence-corrected chi connectivity index (χ4v) is 4.51. The third-order valence-electron chi connectivity index (χ3n) is 6.11. The van der Waals surface area contributed by atoms with Crippen molar-refractivity contribution in [2.75, 3.05) is 19.6 Å². The van der Waals surface area contributed by atoms with Gasteiger partial charge in [0.05, 0.1) is 17.1 Å². The lowest BCUT2D eigenvalue weighted by atomic mass is 10.1. The Kier molecular flexibility index (Phi) is 7.97. The number of carbonyl (C=O) groups excluding carboxylic acids is 2. The number of piperidine rings is 1. The van der Waals surface area contributed by atoms with Crippen LogP contribution in [0.4, 0.5) is 4.39 Å². The lowest BCUT2D eigenvalue weighted by Crippen LogP contribution is -2.52. The summed E-state index contributed by atoms with van der Waals surface area (Å²) in [5, 5.41) is 20.8. The first-order valence-electron chi connectivity index (χ1n) is 11.4. The number of hydrogen-bond acceptors (Lipinski definition) is 6. The molecule has 0 saturated carbocycles.